The molecule has 0 radical (unpaired) electrons. The Morgan fingerprint density at radius 1 is 1.47 bits per heavy atom. The Hall–Kier alpha value is -2.04. The Balaban J connectivity index is 2.90. The fraction of sp³-hybridized carbons (Fsp3) is 0.200. The second-order valence-electron chi connectivity index (χ2n) is 2.71. The number of ether oxygens (including phenoxy) is 2. The molecule has 80 valence electrons. The average molecular weight is 210 g/mol. The molecule has 0 amide bonds. The zero-order chi connectivity index (χ0) is 11.3. The van der Waals surface area contributed by atoms with Crippen LogP contribution in [0.3, 0.4) is 0 Å². The van der Waals surface area contributed by atoms with Crippen molar-refractivity contribution in [2.45, 2.75) is 0 Å². The van der Waals surface area contributed by atoms with Crippen LogP contribution < -0.4 is 9.47 Å². The van der Waals surface area contributed by atoms with Gasteiger partial charge in [0.25, 0.3) is 0 Å². The van der Waals surface area contributed by atoms with Gasteiger partial charge in [0, 0.05) is 5.56 Å². The van der Waals surface area contributed by atoms with E-state index in [1.54, 1.807) is 12.1 Å². The van der Waals surface area contributed by atoms with Gasteiger partial charge in [-0.2, -0.15) is 0 Å². The summed E-state index contributed by atoms with van der Waals surface area (Å²) in [5.41, 5.74) is 0.399. The van der Waals surface area contributed by atoms with Gasteiger partial charge in [0.05, 0.1) is 7.11 Å². The highest BCUT2D eigenvalue weighted by Gasteiger charge is 2.07. The van der Waals surface area contributed by atoms with Gasteiger partial charge in [-0.25, -0.2) is 4.79 Å². The van der Waals surface area contributed by atoms with E-state index in [9.17, 15) is 9.59 Å². The molecule has 0 unspecified atom stereocenters. The molecule has 0 heterocycles. The third kappa shape index (κ3) is 2.98. The topological polar surface area (TPSA) is 72.8 Å². The quantitative estimate of drug-likeness (QED) is 0.733. The molecule has 1 aromatic rings. The molecule has 1 aromatic carbocycles. The van der Waals surface area contributed by atoms with E-state index in [4.69, 9.17) is 14.6 Å². The summed E-state index contributed by atoms with van der Waals surface area (Å²) in [5.74, 6) is -0.458. The van der Waals surface area contributed by atoms with Crippen molar-refractivity contribution >= 4 is 12.3 Å². The molecule has 5 heteroatoms. The molecular weight excluding hydrogens is 200 g/mol. The Bertz CT molecular complexity index is 372. The Kier molecular flexibility index (Phi) is 3.68. The fourth-order valence-electron chi connectivity index (χ4n) is 1.02. The highest BCUT2D eigenvalue weighted by atomic mass is 16.5. The third-order valence-electron chi connectivity index (χ3n) is 1.67. The van der Waals surface area contributed by atoms with Crippen LogP contribution in [0.15, 0.2) is 18.2 Å². The zero-order valence-corrected chi connectivity index (χ0v) is 8.10. The molecule has 15 heavy (non-hydrogen) atoms. The Labute approximate surface area is 86.2 Å². The molecule has 0 aliphatic carbocycles. The average Bonchev–Trinajstić information content (AvgIpc) is 2.25. The van der Waals surface area contributed by atoms with Gasteiger partial charge < -0.3 is 14.6 Å². The van der Waals surface area contributed by atoms with Gasteiger partial charge in [-0.1, -0.05) is 0 Å². The lowest BCUT2D eigenvalue weighted by Crippen LogP contribution is -2.10. The summed E-state index contributed by atoms with van der Waals surface area (Å²) in [6, 6.07) is 4.52. The second kappa shape index (κ2) is 4.99. The van der Waals surface area contributed by atoms with Gasteiger partial charge >= 0.3 is 5.97 Å². The van der Waals surface area contributed by atoms with Crippen LogP contribution in [0.5, 0.6) is 11.5 Å². The molecule has 5 nitrogen and oxygen atoms in total. The predicted octanol–water partition coefficient (Wildman–Crippen LogP) is 0.971. The third-order valence-corrected chi connectivity index (χ3v) is 1.67. The van der Waals surface area contributed by atoms with Gasteiger partial charge in [0.1, 0.15) is 6.29 Å². The van der Waals surface area contributed by atoms with E-state index in [0.717, 1.165) is 0 Å². The molecular formula is C10H10O5. The molecule has 0 aromatic heterocycles. The minimum absolute atomic E-state index is 0.240. The van der Waals surface area contributed by atoms with Crippen LogP contribution in [0.1, 0.15) is 10.4 Å². The molecule has 0 aliphatic rings. The number of carbonyl (C=O) groups is 2. The maximum Gasteiger partial charge on any atom is 0.341 e. The Morgan fingerprint density at radius 2 is 2.20 bits per heavy atom. The predicted molar refractivity (Wildman–Crippen MR) is 51.5 cm³/mol. The van der Waals surface area contributed by atoms with E-state index in [0.29, 0.717) is 17.6 Å². The highest BCUT2D eigenvalue weighted by molar-refractivity contribution is 5.76. The maximum atomic E-state index is 10.5. The van der Waals surface area contributed by atoms with Gasteiger partial charge in [-0.05, 0) is 18.2 Å². The van der Waals surface area contributed by atoms with Crippen molar-refractivity contribution in [1.82, 2.24) is 0 Å². The largest absolute Gasteiger partial charge is 0.493 e. The first-order valence-electron chi connectivity index (χ1n) is 4.15. The summed E-state index contributed by atoms with van der Waals surface area (Å²) in [6.45, 7) is -0.474. The van der Waals surface area contributed by atoms with Gasteiger partial charge in [-0.15, -0.1) is 0 Å². The van der Waals surface area contributed by atoms with Gasteiger partial charge in [0.2, 0.25) is 0 Å². The summed E-state index contributed by atoms with van der Waals surface area (Å²) in [4.78, 5) is 20.8. The van der Waals surface area contributed by atoms with Gasteiger partial charge in [0.15, 0.2) is 18.1 Å². The molecule has 0 saturated heterocycles. The van der Waals surface area contributed by atoms with E-state index >= 15 is 0 Å². The van der Waals surface area contributed by atoms with Crippen molar-refractivity contribution in [2.75, 3.05) is 13.7 Å². The number of rotatable bonds is 5. The summed E-state index contributed by atoms with van der Waals surface area (Å²) in [5, 5.41) is 8.43. The van der Waals surface area contributed by atoms with Gasteiger partial charge in [-0.3, -0.25) is 4.79 Å². The molecule has 0 atom stereocenters. The normalized spacial score (nSPS) is 9.40. The first-order chi connectivity index (χ1) is 7.17. The van der Waals surface area contributed by atoms with Crippen LogP contribution in [0.25, 0.3) is 0 Å². The van der Waals surface area contributed by atoms with E-state index in [1.807, 2.05) is 0 Å². The number of methoxy groups -OCH3 is 1. The molecule has 0 spiro atoms. The summed E-state index contributed by atoms with van der Waals surface area (Å²) < 4.78 is 9.89. The number of aldehydes is 1. The SMILES string of the molecule is COc1ccc(C=O)cc1OCC(=O)O. The summed E-state index contributed by atoms with van der Waals surface area (Å²) in [7, 11) is 1.43. The van der Waals surface area contributed by atoms with Crippen LogP contribution in [0.2, 0.25) is 0 Å². The number of carboxylic acids is 1. The lowest BCUT2D eigenvalue weighted by molar-refractivity contribution is -0.139. The minimum atomic E-state index is -1.09. The lowest BCUT2D eigenvalue weighted by atomic mass is 10.2. The van der Waals surface area contributed by atoms with E-state index < -0.39 is 12.6 Å². The molecule has 0 fully saturated rings. The highest BCUT2D eigenvalue weighted by Crippen LogP contribution is 2.27. The standard InChI is InChI=1S/C10H10O5/c1-14-8-3-2-7(5-11)4-9(8)15-6-10(12)13/h2-5H,6H2,1H3,(H,12,13). The van der Waals surface area contributed by atoms with Crippen LogP contribution in [0.4, 0.5) is 0 Å². The van der Waals surface area contributed by atoms with Crippen LogP contribution in [-0.4, -0.2) is 31.1 Å². The molecule has 0 aliphatic heterocycles. The smallest absolute Gasteiger partial charge is 0.341 e. The van der Waals surface area contributed by atoms with E-state index in [2.05, 4.69) is 0 Å². The fourth-order valence-corrected chi connectivity index (χ4v) is 1.02. The number of aliphatic carboxylic acids is 1. The Morgan fingerprint density at radius 3 is 2.73 bits per heavy atom. The van der Waals surface area contributed by atoms with Crippen molar-refractivity contribution in [3.8, 4) is 11.5 Å². The van der Waals surface area contributed by atoms with Crippen LogP contribution in [-0.2, 0) is 4.79 Å². The number of carbonyl (C=O) groups excluding carboxylic acids is 1. The zero-order valence-electron chi connectivity index (χ0n) is 8.10. The van der Waals surface area contributed by atoms with Crippen molar-refractivity contribution in [3.63, 3.8) is 0 Å². The molecule has 1 N–H and O–H groups in total. The van der Waals surface area contributed by atoms with Crippen molar-refractivity contribution in [1.29, 1.82) is 0 Å². The summed E-state index contributed by atoms with van der Waals surface area (Å²) in [6.07, 6.45) is 0.646. The first-order valence-corrected chi connectivity index (χ1v) is 4.15. The van der Waals surface area contributed by atoms with Crippen molar-refractivity contribution in [3.05, 3.63) is 23.8 Å². The van der Waals surface area contributed by atoms with Crippen LogP contribution >= 0.6 is 0 Å². The lowest BCUT2D eigenvalue weighted by Gasteiger charge is -2.08. The molecule has 1 rings (SSSR count). The van der Waals surface area contributed by atoms with E-state index in [1.165, 1.54) is 13.2 Å². The minimum Gasteiger partial charge on any atom is -0.493 e. The number of hydrogen-bond acceptors (Lipinski definition) is 4. The number of carboxylic acid groups (broad SMARTS) is 1. The molecule has 0 saturated carbocycles. The maximum absolute atomic E-state index is 10.5. The second-order valence-corrected chi connectivity index (χ2v) is 2.71. The number of benzene rings is 1. The van der Waals surface area contributed by atoms with E-state index in [-0.39, 0.29) is 5.75 Å². The van der Waals surface area contributed by atoms with Crippen LogP contribution in [0, 0.1) is 0 Å². The monoisotopic (exact) mass is 210 g/mol. The van der Waals surface area contributed by atoms with Crippen molar-refractivity contribution in [2.24, 2.45) is 0 Å². The summed E-state index contributed by atoms with van der Waals surface area (Å²) >= 11 is 0. The number of hydrogen-bond donors (Lipinski definition) is 1. The van der Waals surface area contributed by atoms with Crippen molar-refractivity contribution < 1.29 is 24.2 Å². The first kappa shape index (κ1) is 11.0. The molecule has 0 bridgehead atoms.